The zero-order valence-electron chi connectivity index (χ0n) is 16.0. The van der Waals surface area contributed by atoms with Crippen molar-refractivity contribution in [2.75, 3.05) is 25.2 Å². The number of hydrogen-bond donors (Lipinski definition) is 1. The Morgan fingerprint density at radius 1 is 1.21 bits per heavy atom. The second-order valence-corrected chi connectivity index (χ2v) is 7.46. The summed E-state index contributed by atoms with van der Waals surface area (Å²) in [6, 6.07) is 8.67. The van der Waals surface area contributed by atoms with Crippen LogP contribution in [0.3, 0.4) is 0 Å². The molecule has 0 unspecified atom stereocenters. The van der Waals surface area contributed by atoms with Crippen LogP contribution in [0.1, 0.15) is 46.0 Å². The SMILES string of the molecule is CCCOc1c(Br)cc(C(=O)N2CCCc3cc(C(N)=O)ccc32)cc1OC. The van der Waals surface area contributed by atoms with Crippen molar-refractivity contribution in [1.29, 1.82) is 0 Å². The van der Waals surface area contributed by atoms with E-state index in [9.17, 15) is 9.59 Å². The van der Waals surface area contributed by atoms with E-state index in [0.717, 1.165) is 30.5 Å². The molecule has 7 heteroatoms. The average Bonchev–Trinajstić information content (AvgIpc) is 2.70. The molecule has 0 spiro atoms. The fourth-order valence-electron chi connectivity index (χ4n) is 3.30. The first-order chi connectivity index (χ1) is 13.5. The topological polar surface area (TPSA) is 81.9 Å². The fourth-order valence-corrected chi connectivity index (χ4v) is 3.86. The van der Waals surface area contributed by atoms with Gasteiger partial charge in [-0.15, -0.1) is 0 Å². The number of benzene rings is 2. The smallest absolute Gasteiger partial charge is 0.258 e. The van der Waals surface area contributed by atoms with E-state index < -0.39 is 5.91 Å². The van der Waals surface area contributed by atoms with Gasteiger partial charge in [0.15, 0.2) is 11.5 Å². The Morgan fingerprint density at radius 2 is 2.00 bits per heavy atom. The van der Waals surface area contributed by atoms with Gasteiger partial charge in [0.25, 0.3) is 5.91 Å². The van der Waals surface area contributed by atoms with Crippen LogP contribution in [0.5, 0.6) is 11.5 Å². The number of nitrogens with two attached hydrogens (primary N) is 1. The van der Waals surface area contributed by atoms with Crippen LogP contribution in [0, 0.1) is 0 Å². The molecule has 1 aliphatic heterocycles. The van der Waals surface area contributed by atoms with Crippen molar-refractivity contribution in [2.45, 2.75) is 26.2 Å². The van der Waals surface area contributed by atoms with Crippen LogP contribution < -0.4 is 20.1 Å². The molecule has 1 heterocycles. The highest BCUT2D eigenvalue weighted by molar-refractivity contribution is 9.10. The van der Waals surface area contributed by atoms with E-state index in [1.165, 1.54) is 0 Å². The monoisotopic (exact) mass is 446 g/mol. The third kappa shape index (κ3) is 3.99. The molecule has 0 saturated heterocycles. The van der Waals surface area contributed by atoms with Gasteiger partial charge in [0.2, 0.25) is 5.91 Å². The van der Waals surface area contributed by atoms with Gasteiger partial charge in [-0.25, -0.2) is 0 Å². The Bertz CT molecular complexity index is 914. The van der Waals surface area contributed by atoms with Crippen molar-refractivity contribution in [1.82, 2.24) is 0 Å². The zero-order valence-corrected chi connectivity index (χ0v) is 17.5. The molecule has 0 fully saturated rings. The number of amides is 2. The van der Waals surface area contributed by atoms with Gasteiger partial charge < -0.3 is 20.1 Å². The predicted molar refractivity (Wildman–Crippen MR) is 111 cm³/mol. The summed E-state index contributed by atoms with van der Waals surface area (Å²) in [5, 5.41) is 0. The number of fused-ring (bicyclic) bond motifs is 1. The van der Waals surface area contributed by atoms with Crippen molar-refractivity contribution in [3.05, 3.63) is 51.5 Å². The van der Waals surface area contributed by atoms with Gasteiger partial charge in [-0.2, -0.15) is 0 Å². The number of anilines is 1. The Kier molecular flexibility index (Phi) is 6.24. The van der Waals surface area contributed by atoms with E-state index in [2.05, 4.69) is 15.9 Å². The minimum absolute atomic E-state index is 0.131. The first-order valence-corrected chi connectivity index (χ1v) is 10.0. The highest BCUT2D eigenvalue weighted by Crippen LogP contribution is 2.38. The maximum absolute atomic E-state index is 13.2. The second kappa shape index (κ2) is 8.65. The third-order valence-corrected chi connectivity index (χ3v) is 5.24. The van der Waals surface area contributed by atoms with E-state index in [1.54, 1.807) is 42.3 Å². The average molecular weight is 447 g/mol. The molecule has 3 rings (SSSR count). The predicted octanol–water partition coefficient (Wildman–Crippen LogP) is 3.94. The quantitative estimate of drug-likeness (QED) is 0.728. The molecular weight excluding hydrogens is 424 g/mol. The van der Waals surface area contributed by atoms with Gasteiger partial charge in [-0.05, 0) is 71.1 Å². The lowest BCUT2D eigenvalue weighted by Crippen LogP contribution is -2.35. The normalized spacial score (nSPS) is 13.0. The van der Waals surface area contributed by atoms with E-state index in [4.69, 9.17) is 15.2 Å². The lowest BCUT2D eigenvalue weighted by molar-refractivity contribution is 0.0982. The van der Waals surface area contributed by atoms with E-state index >= 15 is 0 Å². The lowest BCUT2D eigenvalue weighted by atomic mass is 9.98. The number of methoxy groups -OCH3 is 1. The molecule has 6 nitrogen and oxygen atoms in total. The van der Waals surface area contributed by atoms with Gasteiger partial charge in [0.1, 0.15) is 0 Å². The Labute approximate surface area is 172 Å². The molecule has 148 valence electrons. The number of halogens is 1. The lowest BCUT2D eigenvalue weighted by Gasteiger charge is -2.30. The molecule has 2 N–H and O–H groups in total. The van der Waals surface area contributed by atoms with Crippen molar-refractivity contribution in [3.8, 4) is 11.5 Å². The fraction of sp³-hybridized carbons (Fsp3) is 0.333. The molecule has 0 radical (unpaired) electrons. The second-order valence-electron chi connectivity index (χ2n) is 6.61. The Balaban J connectivity index is 1.95. The molecular formula is C21H23BrN2O4. The van der Waals surface area contributed by atoms with Crippen LogP contribution in [-0.4, -0.2) is 32.1 Å². The third-order valence-electron chi connectivity index (χ3n) is 4.65. The number of ether oxygens (including phenoxy) is 2. The van der Waals surface area contributed by atoms with Crippen LogP contribution in [0.25, 0.3) is 0 Å². The first-order valence-electron chi connectivity index (χ1n) is 9.21. The molecule has 28 heavy (non-hydrogen) atoms. The maximum atomic E-state index is 13.2. The van der Waals surface area contributed by atoms with E-state index in [-0.39, 0.29) is 5.91 Å². The summed E-state index contributed by atoms with van der Waals surface area (Å²) >= 11 is 3.49. The summed E-state index contributed by atoms with van der Waals surface area (Å²) in [5.74, 6) is 0.495. The molecule has 2 amide bonds. The summed E-state index contributed by atoms with van der Waals surface area (Å²) in [6.07, 6.45) is 2.49. The highest BCUT2D eigenvalue weighted by atomic mass is 79.9. The molecule has 2 aromatic rings. The summed E-state index contributed by atoms with van der Waals surface area (Å²) in [7, 11) is 1.55. The standard InChI is InChI=1S/C21H23BrN2O4/c1-3-9-28-19-16(22)11-15(12-18(19)27-2)21(26)24-8-4-5-13-10-14(20(23)25)6-7-17(13)24/h6-7,10-12H,3-5,8-9H2,1-2H3,(H2,23,25). The van der Waals surface area contributed by atoms with Gasteiger partial charge >= 0.3 is 0 Å². The zero-order chi connectivity index (χ0) is 20.3. The van der Waals surface area contributed by atoms with Crippen molar-refractivity contribution >= 4 is 33.4 Å². The van der Waals surface area contributed by atoms with Crippen LogP contribution in [0.15, 0.2) is 34.8 Å². The highest BCUT2D eigenvalue weighted by Gasteiger charge is 2.26. The summed E-state index contributed by atoms with van der Waals surface area (Å²) in [6.45, 7) is 3.19. The van der Waals surface area contributed by atoms with Crippen LogP contribution in [0.2, 0.25) is 0 Å². The molecule has 0 saturated carbocycles. The Morgan fingerprint density at radius 3 is 2.68 bits per heavy atom. The molecule has 0 bridgehead atoms. The summed E-state index contributed by atoms with van der Waals surface area (Å²) in [5.41, 5.74) is 8.09. The van der Waals surface area contributed by atoms with Crippen LogP contribution >= 0.6 is 15.9 Å². The minimum Gasteiger partial charge on any atom is -0.493 e. The summed E-state index contributed by atoms with van der Waals surface area (Å²) in [4.78, 5) is 26.4. The molecule has 0 aliphatic carbocycles. The van der Waals surface area contributed by atoms with Gasteiger partial charge in [0, 0.05) is 23.4 Å². The number of carbonyl (C=O) groups excluding carboxylic acids is 2. The molecule has 1 aliphatic rings. The number of hydrogen-bond acceptors (Lipinski definition) is 4. The number of nitrogens with zero attached hydrogens (tertiary/aromatic N) is 1. The largest absolute Gasteiger partial charge is 0.493 e. The van der Waals surface area contributed by atoms with E-state index in [0.29, 0.717) is 40.3 Å². The minimum atomic E-state index is -0.470. The van der Waals surface area contributed by atoms with Gasteiger partial charge in [0.05, 0.1) is 18.2 Å². The van der Waals surface area contributed by atoms with Crippen LogP contribution in [-0.2, 0) is 6.42 Å². The Hall–Kier alpha value is -2.54. The number of carbonyl (C=O) groups is 2. The maximum Gasteiger partial charge on any atom is 0.258 e. The molecule has 0 atom stereocenters. The summed E-state index contributed by atoms with van der Waals surface area (Å²) < 4.78 is 11.8. The first kappa shape index (κ1) is 20.2. The molecule has 0 aromatic heterocycles. The van der Waals surface area contributed by atoms with Gasteiger partial charge in [-0.1, -0.05) is 6.92 Å². The number of rotatable bonds is 6. The van der Waals surface area contributed by atoms with Crippen LogP contribution in [0.4, 0.5) is 5.69 Å². The molecule has 2 aromatic carbocycles. The van der Waals surface area contributed by atoms with Crippen molar-refractivity contribution in [2.24, 2.45) is 5.73 Å². The van der Waals surface area contributed by atoms with Crippen molar-refractivity contribution in [3.63, 3.8) is 0 Å². The number of primary amides is 1. The van der Waals surface area contributed by atoms with Crippen molar-refractivity contribution < 1.29 is 19.1 Å². The van der Waals surface area contributed by atoms with Gasteiger partial charge in [-0.3, -0.25) is 9.59 Å². The van der Waals surface area contributed by atoms with E-state index in [1.807, 2.05) is 6.92 Å². The number of aryl methyl sites for hydroxylation is 1.